The number of benzene rings is 1. The molecule has 0 saturated carbocycles. The molecule has 0 atom stereocenters. The summed E-state index contributed by atoms with van der Waals surface area (Å²) in [6.45, 7) is 2.29. The molecule has 0 aliphatic rings. The van der Waals surface area contributed by atoms with E-state index in [1.807, 2.05) is 6.92 Å². The van der Waals surface area contributed by atoms with E-state index in [-0.39, 0.29) is 5.56 Å². The van der Waals surface area contributed by atoms with Gasteiger partial charge in [-0.3, -0.25) is 4.79 Å². The molecule has 0 saturated heterocycles. The zero-order valence-corrected chi connectivity index (χ0v) is 12.0. The summed E-state index contributed by atoms with van der Waals surface area (Å²) in [4.78, 5) is 23.3. The van der Waals surface area contributed by atoms with Crippen molar-refractivity contribution in [3.8, 4) is 5.75 Å². The largest absolute Gasteiger partial charge is 0.490 e. The lowest BCUT2D eigenvalue weighted by molar-refractivity contribution is 0.0959. The maximum absolute atomic E-state index is 11.8. The topological polar surface area (TPSA) is 68.5 Å². The molecule has 0 spiro atoms. The van der Waals surface area contributed by atoms with Crippen LogP contribution in [0, 0.1) is 0 Å². The highest BCUT2D eigenvalue weighted by atomic mass is 79.9. The number of nitrogens with one attached hydrogen (secondary N) is 1. The van der Waals surface area contributed by atoms with Crippen molar-refractivity contribution >= 4 is 32.8 Å². The Bertz CT molecular complexity index is 693. The molecular weight excluding hydrogens is 314 g/mol. The van der Waals surface area contributed by atoms with Crippen molar-refractivity contribution in [1.29, 1.82) is 0 Å². The molecular formula is C13H12BrNO4. The third-order valence-electron chi connectivity index (χ3n) is 2.53. The second kappa shape index (κ2) is 5.44. The average molecular weight is 326 g/mol. The van der Waals surface area contributed by atoms with Gasteiger partial charge in [-0.15, -0.1) is 0 Å². The molecule has 100 valence electrons. The number of halogens is 1. The normalized spacial score (nSPS) is 10.5. The highest BCUT2D eigenvalue weighted by Gasteiger charge is 2.15. The van der Waals surface area contributed by atoms with Crippen LogP contribution in [0.3, 0.4) is 0 Å². The molecule has 0 aliphatic carbocycles. The van der Waals surface area contributed by atoms with Gasteiger partial charge in [-0.25, -0.2) is 4.79 Å². The van der Waals surface area contributed by atoms with Crippen LogP contribution in [0.4, 0.5) is 0 Å². The minimum Gasteiger partial charge on any atom is -0.490 e. The van der Waals surface area contributed by atoms with Crippen molar-refractivity contribution in [3.05, 3.63) is 38.7 Å². The van der Waals surface area contributed by atoms with E-state index in [9.17, 15) is 9.59 Å². The van der Waals surface area contributed by atoms with E-state index in [1.165, 1.54) is 13.1 Å². The quantitative estimate of drug-likeness (QED) is 0.879. The van der Waals surface area contributed by atoms with Crippen LogP contribution in [0.2, 0.25) is 0 Å². The fraction of sp³-hybridized carbons (Fsp3) is 0.231. The van der Waals surface area contributed by atoms with Crippen molar-refractivity contribution in [1.82, 2.24) is 5.32 Å². The summed E-state index contributed by atoms with van der Waals surface area (Å²) in [5.41, 5.74) is -0.381. The first-order valence-electron chi connectivity index (χ1n) is 5.69. The lowest BCUT2D eigenvalue weighted by atomic mass is 10.1. The number of fused-ring (bicyclic) bond motifs is 1. The van der Waals surface area contributed by atoms with E-state index in [0.717, 1.165) is 4.47 Å². The molecule has 2 rings (SSSR count). The Labute approximate surface area is 117 Å². The van der Waals surface area contributed by atoms with Crippen molar-refractivity contribution in [2.75, 3.05) is 13.7 Å². The first-order chi connectivity index (χ1) is 9.06. The Hall–Kier alpha value is -1.82. The summed E-state index contributed by atoms with van der Waals surface area (Å²) < 4.78 is 11.4. The van der Waals surface area contributed by atoms with Gasteiger partial charge in [0.25, 0.3) is 5.91 Å². The van der Waals surface area contributed by atoms with Crippen LogP contribution in [-0.4, -0.2) is 19.6 Å². The number of rotatable bonds is 3. The van der Waals surface area contributed by atoms with E-state index in [0.29, 0.717) is 23.3 Å². The molecule has 6 heteroatoms. The van der Waals surface area contributed by atoms with E-state index < -0.39 is 11.5 Å². The summed E-state index contributed by atoms with van der Waals surface area (Å²) >= 11 is 3.35. The third-order valence-corrected chi connectivity index (χ3v) is 2.99. The van der Waals surface area contributed by atoms with Crippen LogP contribution in [0.15, 0.2) is 31.9 Å². The van der Waals surface area contributed by atoms with Gasteiger partial charge in [0.2, 0.25) is 0 Å². The Kier molecular flexibility index (Phi) is 3.90. The van der Waals surface area contributed by atoms with Gasteiger partial charge < -0.3 is 14.5 Å². The van der Waals surface area contributed by atoms with E-state index in [1.54, 1.807) is 12.1 Å². The van der Waals surface area contributed by atoms with Crippen molar-refractivity contribution in [2.45, 2.75) is 6.92 Å². The fourth-order valence-electron chi connectivity index (χ4n) is 1.72. The van der Waals surface area contributed by atoms with Crippen molar-refractivity contribution in [2.24, 2.45) is 0 Å². The van der Waals surface area contributed by atoms with E-state index in [4.69, 9.17) is 9.15 Å². The molecule has 1 aromatic carbocycles. The van der Waals surface area contributed by atoms with Crippen LogP contribution in [0.25, 0.3) is 11.0 Å². The summed E-state index contributed by atoms with van der Waals surface area (Å²) in [6, 6.07) is 4.97. The third kappa shape index (κ3) is 2.63. The molecule has 1 heterocycles. The molecule has 19 heavy (non-hydrogen) atoms. The first-order valence-corrected chi connectivity index (χ1v) is 6.48. The van der Waals surface area contributed by atoms with Crippen LogP contribution in [0.5, 0.6) is 5.75 Å². The zero-order valence-electron chi connectivity index (χ0n) is 10.5. The monoisotopic (exact) mass is 325 g/mol. The van der Waals surface area contributed by atoms with E-state index in [2.05, 4.69) is 21.2 Å². The summed E-state index contributed by atoms with van der Waals surface area (Å²) in [5.74, 6) is -0.0129. The molecule has 1 amide bonds. The summed E-state index contributed by atoms with van der Waals surface area (Å²) in [6.07, 6.45) is 0. The number of carbonyl (C=O) groups is 1. The Morgan fingerprint density at radius 2 is 2.16 bits per heavy atom. The van der Waals surface area contributed by atoms with Gasteiger partial charge in [0.15, 0.2) is 11.3 Å². The minimum absolute atomic E-state index is 0.0319. The van der Waals surface area contributed by atoms with Crippen molar-refractivity contribution in [3.63, 3.8) is 0 Å². The predicted molar refractivity (Wildman–Crippen MR) is 74.7 cm³/mol. The SMILES string of the molecule is CCOc1cc(Br)cc2cc(C(=O)NC)c(=O)oc12. The zero-order chi connectivity index (χ0) is 14.0. The Balaban J connectivity index is 2.73. The van der Waals surface area contributed by atoms with Gasteiger partial charge in [0, 0.05) is 16.9 Å². The number of hydrogen-bond acceptors (Lipinski definition) is 4. The minimum atomic E-state index is -0.685. The van der Waals surface area contributed by atoms with Gasteiger partial charge in [-0.2, -0.15) is 0 Å². The van der Waals surface area contributed by atoms with E-state index >= 15 is 0 Å². The molecule has 0 unspecified atom stereocenters. The Morgan fingerprint density at radius 3 is 2.79 bits per heavy atom. The number of amides is 1. The van der Waals surface area contributed by atoms with Gasteiger partial charge in [0.1, 0.15) is 5.56 Å². The van der Waals surface area contributed by atoms with Gasteiger partial charge in [-0.05, 0) is 25.1 Å². The number of carbonyl (C=O) groups excluding carboxylic acids is 1. The molecule has 0 bridgehead atoms. The summed E-state index contributed by atoms with van der Waals surface area (Å²) in [5, 5.41) is 3.02. The van der Waals surface area contributed by atoms with Crippen LogP contribution >= 0.6 is 15.9 Å². The van der Waals surface area contributed by atoms with Gasteiger partial charge >= 0.3 is 5.63 Å². The van der Waals surface area contributed by atoms with Gasteiger partial charge in [-0.1, -0.05) is 15.9 Å². The molecule has 0 aliphatic heterocycles. The second-order valence-electron chi connectivity index (χ2n) is 3.78. The highest BCUT2D eigenvalue weighted by Crippen LogP contribution is 2.29. The first kappa shape index (κ1) is 13.6. The number of ether oxygens (including phenoxy) is 1. The average Bonchev–Trinajstić information content (AvgIpc) is 2.38. The summed E-state index contributed by atoms with van der Waals surface area (Å²) in [7, 11) is 1.46. The van der Waals surface area contributed by atoms with Crippen LogP contribution in [-0.2, 0) is 0 Å². The predicted octanol–water partition coefficient (Wildman–Crippen LogP) is 2.31. The molecule has 5 nitrogen and oxygen atoms in total. The second-order valence-corrected chi connectivity index (χ2v) is 4.70. The maximum Gasteiger partial charge on any atom is 0.349 e. The molecule has 1 N–H and O–H groups in total. The molecule has 0 radical (unpaired) electrons. The smallest absolute Gasteiger partial charge is 0.349 e. The van der Waals surface area contributed by atoms with Crippen LogP contribution < -0.4 is 15.7 Å². The lowest BCUT2D eigenvalue weighted by Crippen LogP contribution is -2.24. The Morgan fingerprint density at radius 1 is 1.42 bits per heavy atom. The van der Waals surface area contributed by atoms with Crippen molar-refractivity contribution < 1.29 is 13.9 Å². The number of hydrogen-bond donors (Lipinski definition) is 1. The molecule has 2 aromatic rings. The van der Waals surface area contributed by atoms with Gasteiger partial charge in [0.05, 0.1) is 6.61 Å². The standard InChI is InChI=1S/C13H12BrNO4/c1-3-18-10-6-8(14)4-7-5-9(12(16)15-2)13(17)19-11(7)10/h4-6H,3H2,1-2H3,(H,15,16). The highest BCUT2D eigenvalue weighted by molar-refractivity contribution is 9.10. The van der Waals surface area contributed by atoms with Crippen LogP contribution in [0.1, 0.15) is 17.3 Å². The molecule has 1 aromatic heterocycles. The maximum atomic E-state index is 11.8. The molecule has 0 fully saturated rings. The fourth-order valence-corrected chi connectivity index (χ4v) is 2.18. The lowest BCUT2D eigenvalue weighted by Gasteiger charge is -2.08.